The van der Waals surface area contributed by atoms with Crippen LogP contribution < -0.4 is 25.6 Å². The van der Waals surface area contributed by atoms with E-state index < -0.39 is 8.07 Å². The van der Waals surface area contributed by atoms with Gasteiger partial charge in [0.1, 0.15) is 0 Å². The van der Waals surface area contributed by atoms with Crippen molar-refractivity contribution in [2.45, 2.75) is 19.3 Å². The minimum Gasteiger partial charge on any atom is -0.310 e. The fourth-order valence-corrected chi connectivity index (χ4v) is 21.8. The lowest BCUT2D eigenvalue weighted by Gasteiger charge is -2.42. The lowest BCUT2D eigenvalue weighted by Crippen LogP contribution is -2.72. The summed E-state index contributed by atoms with van der Waals surface area (Å²) < 4.78 is 2.48. The molecule has 16 aromatic carbocycles. The van der Waals surface area contributed by atoms with Gasteiger partial charge >= 0.3 is 0 Å². The third-order valence-electron chi connectivity index (χ3n) is 20.7. The Balaban J connectivity index is 0.736. The van der Waals surface area contributed by atoms with Crippen molar-refractivity contribution >= 4 is 122 Å². The topological polar surface area (TPSA) is 8.17 Å². The van der Waals surface area contributed by atoms with Gasteiger partial charge in [0.2, 0.25) is 0 Å². The fourth-order valence-electron chi connectivity index (χ4n) is 16.6. The number of hydrogen-bond acceptors (Lipinski definition) is 1. The molecule has 0 saturated heterocycles. The van der Waals surface area contributed by atoms with Gasteiger partial charge in [-0.15, -0.1) is 0 Å². The SMILES string of the molecule is CC1(C)c2cc(-c3ccc4c(c3)c3ccccc3n4-c3ccc4cc5cc6c(cc5cc4c3)[Si](c3ccccc3)(c3ccccc3)c3ccccc3-6)ccc2N(c2ccccc2)c2ccc(-c3c4ccccc4c(-c4cccc5ccccc45)c4ccccc34)cc21. The zero-order valence-electron chi connectivity index (χ0n) is 51.1. The molecular formula is C89H60N2Si. The van der Waals surface area contributed by atoms with E-state index in [2.05, 4.69) is 351 Å². The van der Waals surface area contributed by atoms with Gasteiger partial charge < -0.3 is 9.47 Å². The molecule has 92 heavy (non-hydrogen) atoms. The summed E-state index contributed by atoms with van der Waals surface area (Å²) in [6, 6.07) is 124. The molecule has 3 heteroatoms. The number of anilines is 3. The molecule has 0 amide bonds. The molecule has 0 spiro atoms. The first-order valence-corrected chi connectivity index (χ1v) is 34.2. The lowest BCUT2D eigenvalue weighted by atomic mass is 9.72. The monoisotopic (exact) mass is 1180 g/mol. The summed E-state index contributed by atoms with van der Waals surface area (Å²) >= 11 is 0. The summed E-state index contributed by atoms with van der Waals surface area (Å²) in [5.41, 5.74) is 19.4. The minimum absolute atomic E-state index is 0.377. The molecule has 0 radical (unpaired) electrons. The molecule has 2 aliphatic rings. The Morgan fingerprint density at radius 1 is 0.272 bits per heavy atom. The molecule has 1 aromatic heterocycles. The van der Waals surface area contributed by atoms with Crippen molar-refractivity contribution in [1.29, 1.82) is 0 Å². The van der Waals surface area contributed by atoms with E-state index >= 15 is 0 Å². The van der Waals surface area contributed by atoms with Crippen LogP contribution in [0.5, 0.6) is 0 Å². The van der Waals surface area contributed by atoms with E-state index in [4.69, 9.17) is 0 Å². The number of para-hydroxylation sites is 2. The molecule has 19 rings (SSSR count). The Labute approximate surface area is 535 Å². The normalized spacial score (nSPS) is 13.7. The quantitative estimate of drug-likeness (QED) is 0.114. The van der Waals surface area contributed by atoms with Gasteiger partial charge in [-0.25, -0.2) is 0 Å². The van der Waals surface area contributed by atoms with Crippen molar-refractivity contribution in [3.8, 4) is 50.2 Å². The predicted octanol–water partition coefficient (Wildman–Crippen LogP) is 21.0. The lowest BCUT2D eigenvalue weighted by molar-refractivity contribution is 0.632. The van der Waals surface area contributed by atoms with Crippen molar-refractivity contribution < 1.29 is 0 Å². The van der Waals surface area contributed by atoms with E-state index in [9.17, 15) is 0 Å². The molecule has 0 atom stereocenters. The minimum atomic E-state index is -2.65. The van der Waals surface area contributed by atoms with Crippen molar-refractivity contribution in [3.63, 3.8) is 0 Å². The summed E-state index contributed by atoms with van der Waals surface area (Å²) in [4.78, 5) is 2.49. The highest BCUT2D eigenvalue weighted by Crippen LogP contribution is 2.55. The van der Waals surface area contributed by atoms with Crippen LogP contribution in [0.15, 0.2) is 328 Å². The zero-order chi connectivity index (χ0) is 60.8. The molecule has 0 bridgehead atoms. The highest BCUT2D eigenvalue weighted by atomic mass is 28.3. The van der Waals surface area contributed by atoms with Gasteiger partial charge in [0, 0.05) is 27.6 Å². The third kappa shape index (κ3) is 7.61. The van der Waals surface area contributed by atoms with Gasteiger partial charge in [-0.3, -0.25) is 0 Å². The first kappa shape index (κ1) is 52.6. The second-order valence-corrected chi connectivity index (χ2v) is 29.6. The standard InChI is InChI=1S/C89H60N2Si/c1-89(2)79-54-60(43-47-83(79)90(65-25-6-3-7-26-65)84-48-44-61(55-80(84)89)87-73-34-14-16-36-75(73)88(76-37-17-15-35-74(76)87)72-38-22-24-57-23-12-13-31-69(57)72)59-42-46-82-77(52-59)70-32-18-20-39-81(70)91(82)66-45-41-58-49-63-53-78-71-33-19-21-40-85(71)92(67-27-8-4-9-28-67,68-29-10-5-11-30-68)86(78)56-64(63)50-62(58)51-66/h3-56H,1-2H3. The Morgan fingerprint density at radius 2 is 0.783 bits per heavy atom. The van der Waals surface area contributed by atoms with Crippen molar-refractivity contribution in [3.05, 3.63) is 339 Å². The molecule has 0 unspecified atom stereocenters. The van der Waals surface area contributed by atoms with Crippen LogP contribution in [-0.4, -0.2) is 12.6 Å². The maximum absolute atomic E-state index is 2.65. The number of rotatable bonds is 7. The Morgan fingerprint density at radius 3 is 1.50 bits per heavy atom. The van der Waals surface area contributed by atoms with Crippen LogP contribution in [0.4, 0.5) is 17.1 Å². The number of nitrogens with zero attached hydrogens (tertiary/aromatic N) is 2. The van der Waals surface area contributed by atoms with E-state index in [1.54, 1.807) is 0 Å². The molecule has 0 fully saturated rings. The Hall–Kier alpha value is -11.4. The molecule has 3 heterocycles. The van der Waals surface area contributed by atoms with Crippen molar-refractivity contribution in [2.24, 2.45) is 0 Å². The molecule has 0 saturated carbocycles. The van der Waals surface area contributed by atoms with E-state index in [0.717, 1.165) is 11.4 Å². The van der Waals surface area contributed by atoms with E-state index in [0.29, 0.717) is 0 Å². The molecule has 2 aliphatic heterocycles. The number of fused-ring (bicyclic) bond motifs is 13. The molecule has 430 valence electrons. The van der Waals surface area contributed by atoms with E-state index in [-0.39, 0.29) is 5.41 Å². The van der Waals surface area contributed by atoms with Crippen LogP contribution in [0, 0.1) is 0 Å². The third-order valence-corrected chi connectivity index (χ3v) is 25.6. The van der Waals surface area contributed by atoms with Crippen LogP contribution in [0.3, 0.4) is 0 Å². The summed E-state index contributed by atoms with van der Waals surface area (Å²) in [5.74, 6) is 0. The fraction of sp³-hybridized carbons (Fsp3) is 0.0337. The van der Waals surface area contributed by atoms with Crippen LogP contribution in [0.1, 0.15) is 25.0 Å². The molecule has 2 nitrogen and oxygen atoms in total. The smallest absolute Gasteiger partial charge is 0.180 e. The van der Waals surface area contributed by atoms with Crippen LogP contribution in [0.2, 0.25) is 0 Å². The highest BCUT2D eigenvalue weighted by Gasteiger charge is 2.49. The Kier molecular flexibility index (Phi) is 11.5. The average Bonchev–Trinajstić information content (AvgIpc) is 1.40. The van der Waals surface area contributed by atoms with Crippen molar-refractivity contribution in [1.82, 2.24) is 4.57 Å². The van der Waals surface area contributed by atoms with Crippen LogP contribution >= 0.6 is 0 Å². The molecular weight excluding hydrogens is 1130 g/mol. The highest BCUT2D eigenvalue weighted by molar-refractivity contribution is 7.22. The van der Waals surface area contributed by atoms with Gasteiger partial charge in [0.25, 0.3) is 0 Å². The van der Waals surface area contributed by atoms with Gasteiger partial charge in [0.05, 0.1) is 22.4 Å². The summed E-state index contributed by atoms with van der Waals surface area (Å²) in [7, 11) is -2.65. The van der Waals surface area contributed by atoms with Gasteiger partial charge in [-0.1, -0.05) is 257 Å². The van der Waals surface area contributed by atoms with Gasteiger partial charge in [-0.2, -0.15) is 0 Å². The largest absolute Gasteiger partial charge is 0.310 e. The summed E-state index contributed by atoms with van der Waals surface area (Å²) in [6.07, 6.45) is 0. The van der Waals surface area contributed by atoms with Gasteiger partial charge in [-0.05, 0) is 215 Å². The Bertz CT molecular complexity index is 5820. The average molecular weight is 1190 g/mol. The first-order chi connectivity index (χ1) is 45.4. The number of benzene rings is 16. The van der Waals surface area contributed by atoms with Crippen molar-refractivity contribution in [2.75, 3.05) is 4.90 Å². The zero-order valence-corrected chi connectivity index (χ0v) is 52.1. The number of aromatic nitrogens is 1. The number of hydrogen-bond donors (Lipinski definition) is 0. The van der Waals surface area contributed by atoms with Crippen LogP contribution in [-0.2, 0) is 5.41 Å². The second-order valence-electron chi connectivity index (χ2n) is 25.9. The predicted molar refractivity (Wildman–Crippen MR) is 394 cm³/mol. The summed E-state index contributed by atoms with van der Waals surface area (Å²) in [6.45, 7) is 4.86. The van der Waals surface area contributed by atoms with Crippen LogP contribution in [0.25, 0.3) is 126 Å². The van der Waals surface area contributed by atoms with E-state index in [1.165, 1.54) is 163 Å². The first-order valence-electron chi connectivity index (χ1n) is 32.2. The second kappa shape index (κ2) is 20.1. The molecule has 0 N–H and O–H groups in total. The summed E-state index contributed by atoms with van der Waals surface area (Å²) in [5, 5.41) is 20.8. The molecule has 17 aromatic rings. The van der Waals surface area contributed by atoms with Gasteiger partial charge in [0.15, 0.2) is 8.07 Å². The maximum atomic E-state index is 2.55. The molecule has 0 aliphatic carbocycles. The van der Waals surface area contributed by atoms with E-state index in [1.807, 2.05) is 0 Å². The maximum Gasteiger partial charge on any atom is 0.180 e.